The number of amides is 1. The highest BCUT2D eigenvalue weighted by Crippen LogP contribution is 2.43. The highest BCUT2D eigenvalue weighted by Gasteiger charge is 2.48. The van der Waals surface area contributed by atoms with Crippen LogP contribution in [-0.4, -0.2) is 48.2 Å². The number of benzene rings is 1. The Morgan fingerprint density at radius 3 is 2.75 bits per heavy atom. The monoisotopic (exact) mass is 384 g/mol. The van der Waals surface area contributed by atoms with Crippen molar-refractivity contribution in [2.75, 3.05) is 31.6 Å². The first-order valence-electron chi connectivity index (χ1n) is 9.46. The molecule has 0 unspecified atom stereocenters. The molecule has 1 aromatic carbocycles. The third-order valence-corrected chi connectivity index (χ3v) is 5.94. The van der Waals surface area contributed by atoms with Crippen LogP contribution in [0.2, 0.25) is 0 Å². The molecule has 5 rings (SSSR count). The minimum absolute atomic E-state index is 0.0655. The van der Waals surface area contributed by atoms with E-state index in [1.807, 2.05) is 10.8 Å². The van der Waals surface area contributed by atoms with E-state index in [0.717, 1.165) is 18.5 Å². The molecule has 3 fully saturated rings. The molecule has 3 aliphatic rings. The summed E-state index contributed by atoms with van der Waals surface area (Å²) in [7, 11) is 1.24. The van der Waals surface area contributed by atoms with Crippen molar-refractivity contribution < 1.29 is 18.7 Å². The average Bonchev–Trinajstić information content (AvgIpc) is 3.25. The Labute approximate surface area is 161 Å². The predicted octanol–water partition coefficient (Wildman–Crippen LogP) is 2.00. The van der Waals surface area contributed by atoms with Gasteiger partial charge in [-0.25, -0.2) is 14.2 Å². The molecule has 1 amide bonds. The van der Waals surface area contributed by atoms with Gasteiger partial charge < -0.3 is 19.5 Å². The van der Waals surface area contributed by atoms with Crippen molar-refractivity contribution in [3.8, 4) is 5.69 Å². The second-order valence-electron chi connectivity index (χ2n) is 8.10. The first-order valence-corrected chi connectivity index (χ1v) is 9.46. The zero-order valence-corrected chi connectivity index (χ0v) is 15.6. The molecule has 0 bridgehead atoms. The van der Waals surface area contributed by atoms with E-state index in [0.29, 0.717) is 43.3 Å². The molecule has 1 N–H and O–H groups in total. The lowest BCUT2D eigenvalue weighted by Crippen LogP contribution is -2.57. The van der Waals surface area contributed by atoms with Crippen LogP contribution in [0.1, 0.15) is 41.2 Å². The Bertz CT molecular complexity index is 976. The fraction of sp³-hybridized carbons (Fsp3) is 0.450. The predicted molar refractivity (Wildman–Crippen MR) is 99.1 cm³/mol. The van der Waals surface area contributed by atoms with E-state index >= 15 is 0 Å². The fourth-order valence-corrected chi connectivity index (χ4v) is 4.25. The van der Waals surface area contributed by atoms with Crippen LogP contribution in [0.4, 0.5) is 10.1 Å². The SMILES string of the molecule is COC(=O)c1cc(-n2cnc(C3CC3)c2)c(N2CC3(CNC(=O)C3)C2)cc1F. The second-order valence-corrected chi connectivity index (χ2v) is 8.10. The minimum Gasteiger partial charge on any atom is -0.465 e. The second kappa shape index (κ2) is 6.05. The number of imidazole rings is 1. The molecule has 0 atom stereocenters. The quantitative estimate of drug-likeness (QED) is 0.816. The van der Waals surface area contributed by atoms with Crippen LogP contribution in [-0.2, 0) is 9.53 Å². The first kappa shape index (κ1) is 17.2. The van der Waals surface area contributed by atoms with Crippen LogP contribution in [0.3, 0.4) is 0 Å². The van der Waals surface area contributed by atoms with Crippen LogP contribution in [0.15, 0.2) is 24.7 Å². The smallest absolute Gasteiger partial charge is 0.340 e. The van der Waals surface area contributed by atoms with E-state index in [-0.39, 0.29) is 16.9 Å². The molecule has 2 saturated heterocycles. The molecule has 0 radical (unpaired) electrons. The number of nitrogens with zero attached hydrogens (tertiary/aromatic N) is 3. The molecular formula is C20H21FN4O3. The Kier molecular flexibility index (Phi) is 3.72. The highest BCUT2D eigenvalue weighted by molar-refractivity contribution is 5.91. The van der Waals surface area contributed by atoms with E-state index < -0.39 is 11.8 Å². The number of hydrogen-bond donors (Lipinski definition) is 1. The van der Waals surface area contributed by atoms with Crippen molar-refractivity contribution >= 4 is 17.6 Å². The molecule has 7 nitrogen and oxygen atoms in total. The van der Waals surface area contributed by atoms with Gasteiger partial charge in [0, 0.05) is 49.7 Å². The molecular weight excluding hydrogens is 363 g/mol. The zero-order chi connectivity index (χ0) is 19.5. The maximum Gasteiger partial charge on any atom is 0.340 e. The number of carbonyl (C=O) groups excluding carboxylic acids is 2. The van der Waals surface area contributed by atoms with E-state index in [9.17, 15) is 14.0 Å². The molecule has 3 heterocycles. The molecule has 8 heteroatoms. The van der Waals surface area contributed by atoms with E-state index in [1.54, 1.807) is 6.33 Å². The summed E-state index contributed by atoms with van der Waals surface area (Å²) in [5.74, 6) is -0.767. The van der Waals surface area contributed by atoms with Gasteiger partial charge >= 0.3 is 5.97 Å². The molecule has 1 spiro atoms. The normalized spacial score (nSPS) is 20.2. The van der Waals surface area contributed by atoms with Gasteiger partial charge in [-0.05, 0) is 18.9 Å². The van der Waals surface area contributed by atoms with Crippen molar-refractivity contribution in [3.05, 3.63) is 41.7 Å². The van der Waals surface area contributed by atoms with E-state index in [2.05, 4.69) is 15.2 Å². The topological polar surface area (TPSA) is 76.5 Å². The van der Waals surface area contributed by atoms with Gasteiger partial charge in [0.1, 0.15) is 5.82 Å². The van der Waals surface area contributed by atoms with Crippen molar-refractivity contribution in [3.63, 3.8) is 0 Å². The van der Waals surface area contributed by atoms with Gasteiger partial charge in [-0.2, -0.15) is 0 Å². The minimum atomic E-state index is -0.710. The van der Waals surface area contributed by atoms with Gasteiger partial charge in [0.15, 0.2) is 0 Å². The lowest BCUT2D eigenvalue weighted by atomic mass is 9.78. The van der Waals surface area contributed by atoms with E-state index in [4.69, 9.17) is 4.74 Å². The summed E-state index contributed by atoms with van der Waals surface area (Å²) in [6, 6.07) is 2.91. The summed E-state index contributed by atoms with van der Waals surface area (Å²) in [5.41, 5.74) is 2.21. The standard InChI is InChI=1S/C20H21FN4O3/c1-28-19(27)13-4-16(24-7-15(23-11-24)12-2-3-12)17(5-14(13)21)25-9-20(10-25)6-18(26)22-8-20/h4-5,7,11-12H,2-3,6,8-10H2,1H3,(H,22,26). The fourth-order valence-electron chi connectivity index (χ4n) is 4.25. The number of rotatable bonds is 4. The van der Waals surface area contributed by atoms with Crippen LogP contribution in [0.5, 0.6) is 0 Å². The highest BCUT2D eigenvalue weighted by atomic mass is 19.1. The largest absolute Gasteiger partial charge is 0.465 e. The number of carbonyl (C=O) groups is 2. The average molecular weight is 384 g/mol. The molecule has 146 valence electrons. The zero-order valence-electron chi connectivity index (χ0n) is 15.6. The lowest BCUT2D eigenvalue weighted by molar-refractivity contribution is -0.119. The van der Waals surface area contributed by atoms with Gasteiger partial charge in [0.2, 0.25) is 5.91 Å². The molecule has 28 heavy (non-hydrogen) atoms. The summed E-state index contributed by atoms with van der Waals surface area (Å²) in [6.07, 6.45) is 6.43. The molecule has 1 saturated carbocycles. The third kappa shape index (κ3) is 2.75. The number of nitrogens with one attached hydrogen (secondary N) is 1. The number of hydrogen-bond acceptors (Lipinski definition) is 5. The number of esters is 1. The number of halogens is 1. The van der Waals surface area contributed by atoms with Crippen molar-refractivity contribution in [1.82, 2.24) is 14.9 Å². The number of anilines is 1. The Balaban J connectivity index is 1.52. The first-order chi connectivity index (χ1) is 13.5. The maximum absolute atomic E-state index is 14.7. The lowest BCUT2D eigenvalue weighted by Gasteiger charge is -2.49. The summed E-state index contributed by atoms with van der Waals surface area (Å²) in [6.45, 7) is 1.98. The van der Waals surface area contributed by atoms with Gasteiger partial charge in [0.05, 0.1) is 36.1 Å². The summed E-state index contributed by atoms with van der Waals surface area (Å²) in [4.78, 5) is 30.1. The van der Waals surface area contributed by atoms with Gasteiger partial charge in [-0.15, -0.1) is 0 Å². The molecule has 2 aliphatic heterocycles. The third-order valence-electron chi connectivity index (χ3n) is 5.94. The molecule has 1 aromatic heterocycles. The van der Waals surface area contributed by atoms with Gasteiger partial charge in [-0.1, -0.05) is 0 Å². The maximum atomic E-state index is 14.7. The van der Waals surface area contributed by atoms with Crippen molar-refractivity contribution in [1.29, 1.82) is 0 Å². The van der Waals surface area contributed by atoms with Crippen LogP contribution >= 0.6 is 0 Å². The Morgan fingerprint density at radius 2 is 2.11 bits per heavy atom. The van der Waals surface area contributed by atoms with Crippen molar-refractivity contribution in [2.45, 2.75) is 25.2 Å². The molecule has 2 aromatic rings. The van der Waals surface area contributed by atoms with Crippen LogP contribution in [0, 0.1) is 11.2 Å². The Morgan fingerprint density at radius 1 is 1.32 bits per heavy atom. The summed E-state index contributed by atoms with van der Waals surface area (Å²) in [5, 5.41) is 2.88. The number of methoxy groups -OCH3 is 1. The summed E-state index contributed by atoms with van der Waals surface area (Å²) >= 11 is 0. The Hall–Kier alpha value is -2.90. The van der Waals surface area contributed by atoms with Gasteiger partial charge in [0.25, 0.3) is 0 Å². The summed E-state index contributed by atoms with van der Waals surface area (Å²) < 4.78 is 21.2. The van der Waals surface area contributed by atoms with E-state index in [1.165, 1.54) is 19.2 Å². The number of ether oxygens (including phenoxy) is 1. The van der Waals surface area contributed by atoms with Crippen LogP contribution in [0.25, 0.3) is 5.69 Å². The molecule has 1 aliphatic carbocycles. The van der Waals surface area contributed by atoms with Gasteiger partial charge in [-0.3, -0.25) is 4.79 Å². The van der Waals surface area contributed by atoms with Crippen molar-refractivity contribution in [2.24, 2.45) is 5.41 Å². The number of aromatic nitrogens is 2. The van der Waals surface area contributed by atoms with Crippen LogP contribution < -0.4 is 10.2 Å².